The van der Waals surface area contributed by atoms with E-state index >= 15 is 0 Å². The molecule has 0 amide bonds. The number of azide groups is 1. The van der Waals surface area contributed by atoms with E-state index in [2.05, 4.69) is 55.9 Å². The maximum absolute atomic E-state index is 8.77. The first-order valence-corrected chi connectivity index (χ1v) is 9.05. The third-order valence-electron chi connectivity index (χ3n) is 6.66. The van der Waals surface area contributed by atoms with Crippen LogP contribution in [0, 0.1) is 11.3 Å². The maximum atomic E-state index is 8.77. The van der Waals surface area contributed by atoms with Crippen molar-refractivity contribution >= 4 is 0 Å². The number of rotatable bonds is 3. The Bertz CT molecular complexity index is 644. The van der Waals surface area contributed by atoms with Gasteiger partial charge in [-0.1, -0.05) is 57.4 Å². The molecule has 1 aromatic rings. The van der Waals surface area contributed by atoms with Crippen molar-refractivity contribution in [1.29, 1.82) is 0 Å². The minimum Gasteiger partial charge on any atom is -0.0934 e. The normalized spacial score (nSPS) is 32.8. The number of fused-ring (bicyclic) bond motifs is 3. The van der Waals surface area contributed by atoms with Crippen LogP contribution in [0.3, 0.4) is 0 Å². The van der Waals surface area contributed by atoms with Gasteiger partial charge in [0.1, 0.15) is 0 Å². The fraction of sp³-hybridized carbons (Fsp3) is 0.700. The highest BCUT2D eigenvalue weighted by Crippen LogP contribution is 2.57. The standard InChI is InChI=1S/C20H29N3/c1-14(2)15-6-8-17-16(12-15)7-9-18-19(3,13-22-23-21)10-5-11-20(17,18)4/h6,8,12,14,18H,5,7,9-11,13H2,1-4H3/t18-,19-,20+/m0/s1. The van der Waals surface area contributed by atoms with Crippen molar-refractivity contribution in [2.75, 3.05) is 6.54 Å². The first-order chi connectivity index (χ1) is 10.9. The summed E-state index contributed by atoms with van der Waals surface area (Å²) in [5.74, 6) is 1.21. The lowest BCUT2D eigenvalue weighted by molar-refractivity contribution is 0.0327. The van der Waals surface area contributed by atoms with Crippen molar-refractivity contribution in [3.05, 3.63) is 45.3 Å². The molecule has 0 aromatic heterocycles. The molecule has 3 rings (SSSR count). The van der Waals surface area contributed by atoms with E-state index in [1.54, 1.807) is 11.1 Å². The van der Waals surface area contributed by atoms with Crippen LogP contribution in [0.1, 0.15) is 76.0 Å². The molecule has 3 nitrogen and oxygen atoms in total. The monoisotopic (exact) mass is 311 g/mol. The third kappa shape index (κ3) is 2.65. The van der Waals surface area contributed by atoms with Crippen molar-refractivity contribution in [3.63, 3.8) is 0 Å². The van der Waals surface area contributed by atoms with E-state index in [4.69, 9.17) is 5.53 Å². The van der Waals surface area contributed by atoms with E-state index in [1.807, 2.05) is 0 Å². The third-order valence-corrected chi connectivity index (χ3v) is 6.66. The summed E-state index contributed by atoms with van der Waals surface area (Å²) in [6.45, 7) is 9.98. The Labute approximate surface area is 140 Å². The Morgan fingerprint density at radius 1 is 1.30 bits per heavy atom. The average molecular weight is 311 g/mol. The van der Waals surface area contributed by atoms with E-state index in [0.717, 1.165) is 0 Å². The average Bonchev–Trinajstić information content (AvgIpc) is 2.52. The number of nitrogens with zero attached hydrogens (tertiary/aromatic N) is 3. The largest absolute Gasteiger partial charge is 0.0934 e. The van der Waals surface area contributed by atoms with Gasteiger partial charge in [0.05, 0.1) is 0 Å². The van der Waals surface area contributed by atoms with Gasteiger partial charge in [-0.15, -0.1) is 0 Å². The second kappa shape index (κ2) is 5.87. The molecular formula is C20H29N3. The van der Waals surface area contributed by atoms with E-state index in [0.29, 0.717) is 18.4 Å². The Morgan fingerprint density at radius 2 is 2.09 bits per heavy atom. The second-order valence-electron chi connectivity index (χ2n) is 8.48. The van der Waals surface area contributed by atoms with Crippen molar-refractivity contribution in [3.8, 4) is 0 Å². The molecule has 0 heterocycles. The van der Waals surface area contributed by atoms with Gasteiger partial charge < -0.3 is 0 Å². The lowest BCUT2D eigenvalue weighted by Gasteiger charge is -2.55. The summed E-state index contributed by atoms with van der Waals surface area (Å²) >= 11 is 0. The van der Waals surface area contributed by atoms with Gasteiger partial charge in [0.2, 0.25) is 0 Å². The molecule has 2 aliphatic carbocycles. The first-order valence-electron chi connectivity index (χ1n) is 9.05. The van der Waals surface area contributed by atoms with Gasteiger partial charge in [-0.2, -0.15) is 0 Å². The van der Waals surface area contributed by atoms with E-state index in [-0.39, 0.29) is 10.8 Å². The summed E-state index contributed by atoms with van der Waals surface area (Å²) in [5.41, 5.74) is 13.7. The second-order valence-corrected chi connectivity index (χ2v) is 8.48. The Hall–Kier alpha value is -1.47. The molecule has 0 radical (unpaired) electrons. The van der Waals surface area contributed by atoms with E-state index < -0.39 is 0 Å². The van der Waals surface area contributed by atoms with Crippen molar-refractivity contribution in [2.24, 2.45) is 16.4 Å². The van der Waals surface area contributed by atoms with Gasteiger partial charge in [-0.3, -0.25) is 0 Å². The molecule has 0 spiro atoms. The highest BCUT2D eigenvalue weighted by Gasteiger charge is 2.51. The van der Waals surface area contributed by atoms with E-state index in [1.165, 1.54) is 37.7 Å². The predicted octanol–water partition coefficient (Wildman–Crippen LogP) is 6.13. The van der Waals surface area contributed by atoms with Crippen LogP contribution in [-0.2, 0) is 11.8 Å². The molecule has 3 heteroatoms. The van der Waals surface area contributed by atoms with Crippen molar-refractivity contribution in [1.82, 2.24) is 0 Å². The fourth-order valence-electron chi connectivity index (χ4n) is 5.39. The zero-order chi connectivity index (χ0) is 16.7. The Kier molecular flexibility index (Phi) is 4.18. The molecule has 23 heavy (non-hydrogen) atoms. The molecule has 0 aliphatic heterocycles. The van der Waals surface area contributed by atoms with Gasteiger partial charge in [-0.25, -0.2) is 0 Å². The highest BCUT2D eigenvalue weighted by atomic mass is 15.1. The molecule has 1 fully saturated rings. The fourth-order valence-corrected chi connectivity index (χ4v) is 5.39. The molecule has 1 aromatic carbocycles. The summed E-state index contributed by atoms with van der Waals surface area (Å²) in [7, 11) is 0. The van der Waals surface area contributed by atoms with Gasteiger partial charge in [0.15, 0.2) is 0 Å². The Morgan fingerprint density at radius 3 is 2.78 bits per heavy atom. The number of aryl methyl sites for hydroxylation is 1. The summed E-state index contributed by atoms with van der Waals surface area (Å²) in [6, 6.07) is 7.17. The number of hydrogen-bond donors (Lipinski definition) is 0. The molecule has 0 bridgehead atoms. The zero-order valence-corrected chi connectivity index (χ0v) is 15.0. The smallest absolute Gasteiger partial charge is 0.0314 e. The molecular weight excluding hydrogens is 282 g/mol. The quantitative estimate of drug-likeness (QED) is 0.366. The van der Waals surface area contributed by atoms with Crippen LogP contribution in [0.25, 0.3) is 10.4 Å². The predicted molar refractivity (Wildman–Crippen MR) is 95.7 cm³/mol. The van der Waals surface area contributed by atoms with Crippen LogP contribution in [0.5, 0.6) is 0 Å². The summed E-state index contributed by atoms with van der Waals surface area (Å²) < 4.78 is 0. The molecule has 2 aliphatic rings. The molecule has 1 saturated carbocycles. The van der Waals surface area contributed by atoms with Gasteiger partial charge in [0.25, 0.3) is 0 Å². The SMILES string of the molecule is CC(C)c1ccc2c(c1)CC[C@H]1[C@](C)(CN=[N+]=[N-])CCC[C@]21C. The highest BCUT2D eigenvalue weighted by molar-refractivity contribution is 5.42. The molecule has 124 valence electrons. The Balaban J connectivity index is 2.02. The first kappa shape index (κ1) is 16.4. The van der Waals surface area contributed by atoms with Crippen LogP contribution in [0.2, 0.25) is 0 Å². The molecule has 3 atom stereocenters. The zero-order valence-electron chi connectivity index (χ0n) is 15.0. The van der Waals surface area contributed by atoms with Gasteiger partial charge in [0, 0.05) is 11.5 Å². The van der Waals surface area contributed by atoms with Crippen LogP contribution in [0.4, 0.5) is 0 Å². The topological polar surface area (TPSA) is 48.8 Å². The minimum atomic E-state index is 0.146. The number of benzene rings is 1. The molecule has 0 N–H and O–H groups in total. The van der Waals surface area contributed by atoms with Crippen LogP contribution in [-0.4, -0.2) is 6.54 Å². The van der Waals surface area contributed by atoms with Crippen LogP contribution < -0.4 is 0 Å². The lowest BCUT2D eigenvalue weighted by atomic mass is 9.50. The summed E-state index contributed by atoms with van der Waals surface area (Å²) in [4.78, 5) is 3.04. The van der Waals surface area contributed by atoms with Crippen LogP contribution >= 0.6 is 0 Å². The van der Waals surface area contributed by atoms with Gasteiger partial charge in [-0.05, 0) is 70.6 Å². The molecule has 0 unspecified atom stereocenters. The lowest BCUT2D eigenvalue weighted by Crippen LogP contribution is -2.50. The summed E-state index contributed by atoms with van der Waals surface area (Å²) in [6.07, 6.45) is 6.07. The maximum Gasteiger partial charge on any atom is 0.0314 e. The molecule has 0 saturated heterocycles. The summed E-state index contributed by atoms with van der Waals surface area (Å²) in [5, 5.41) is 3.96. The minimum absolute atomic E-state index is 0.146. The van der Waals surface area contributed by atoms with Crippen LogP contribution in [0.15, 0.2) is 23.3 Å². The van der Waals surface area contributed by atoms with Gasteiger partial charge >= 0.3 is 0 Å². The van der Waals surface area contributed by atoms with E-state index in [9.17, 15) is 0 Å². The van der Waals surface area contributed by atoms with Crippen molar-refractivity contribution in [2.45, 2.75) is 71.1 Å². The van der Waals surface area contributed by atoms with Crippen molar-refractivity contribution < 1.29 is 0 Å². The number of hydrogen-bond acceptors (Lipinski definition) is 1.